The van der Waals surface area contributed by atoms with E-state index in [0.29, 0.717) is 18.8 Å². The van der Waals surface area contributed by atoms with E-state index in [1.807, 2.05) is 38.1 Å². The quantitative estimate of drug-likeness (QED) is 0.776. The lowest BCUT2D eigenvalue weighted by atomic mass is 10.2. The van der Waals surface area contributed by atoms with Crippen LogP contribution >= 0.6 is 0 Å². The predicted octanol–water partition coefficient (Wildman–Crippen LogP) is 3.53. The lowest BCUT2D eigenvalue weighted by Crippen LogP contribution is -2.35. The van der Waals surface area contributed by atoms with Gasteiger partial charge in [-0.2, -0.15) is 4.31 Å². The molecule has 1 aliphatic rings. The van der Waals surface area contributed by atoms with E-state index in [1.165, 1.54) is 0 Å². The van der Waals surface area contributed by atoms with Crippen LogP contribution in [0.1, 0.15) is 30.4 Å². The van der Waals surface area contributed by atoms with E-state index in [-0.39, 0.29) is 17.3 Å². The van der Waals surface area contributed by atoms with Crippen molar-refractivity contribution in [2.75, 3.05) is 30.3 Å². The number of hydrogen-bond donors (Lipinski definition) is 2. The Labute approximate surface area is 167 Å². The molecular formula is C21H27N3O3S. The molecule has 0 aliphatic carbocycles. The molecule has 1 saturated heterocycles. The van der Waals surface area contributed by atoms with Crippen molar-refractivity contribution in [3.63, 3.8) is 0 Å². The third-order valence-electron chi connectivity index (χ3n) is 5.02. The maximum Gasteiger partial charge on any atom is 0.243 e. The number of carbonyl (C=O) groups excluding carboxylic acids is 1. The number of benzene rings is 2. The van der Waals surface area contributed by atoms with E-state index in [4.69, 9.17) is 0 Å². The minimum atomic E-state index is -3.50. The molecule has 2 N–H and O–H groups in total. The lowest BCUT2D eigenvalue weighted by molar-refractivity contribution is -0.114. The number of amides is 1. The third-order valence-corrected chi connectivity index (χ3v) is 6.92. The first-order valence-corrected chi connectivity index (χ1v) is 11.0. The van der Waals surface area contributed by atoms with Crippen LogP contribution in [0.5, 0.6) is 0 Å². The van der Waals surface area contributed by atoms with Gasteiger partial charge in [-0.05, 0) is 56.0 Å². The molecule has 1 fully saturated rings. The molecule has 2 aromatic carbocycles. The van der Waals surface area contributed by atoms with Crippen LogP contribution in [0.25, 0.3) is 0 Å². The van der Waals surface area contributed by atoms with Crippen LogP contribution in [-0.2, 0) is 14.8 Å². The summed E-state index contributed by atoms with van der Waals surface area (Å²) in [7, 11) is -3.50. The van der Waals surface area contributed by atoms with Gasteiger partial charge in [-0.25, -0.2) is 8.42 Å². The molecule has 0 atom stereocenters. The molecule has 1 aliphatic heterocycles. The highest BCUT2D eigenvalue weighted by molar-refractivity contribution is 7.89. The minimum Gasteiger partial charge on any atom is -0.376 e. The van der Waals surface area contributed by atoms with Crippen molar-refractivity contribution >= 4 is 27.3 Å². The van der Waals surface area contributed by atoms with Crippen LogP contribution in [0, 0.1) is 13.8 Å². The number of rotatable bonds is 6. The first-order valence-electron chi connectivity index (χ1n) is 9.58. The molecule has 0 bridgehead atoms. The molecule has 1 heterocycles. The smallest absolute Gasteiger partial charge is 0.243 e. The van der Waals surface area contributed by atoms with Crippen LogP contribution in [0.2, 0.25) is 0 Å². The van der Waals surface area contributed by atoms with Gasteiger partial charge < -0.3 is 10.6 Å². The molecule has 7 heteroatoms. The number of para-hydroxylation sites is 1. The summed E-state index contributed by atoms with van der Waals surface area (Å²) in [5, 5.41) is 5.94. The van der Waals surface area contributed by atoms with E-state index in [9.17, 15) is 13.2 Å². The summed E-state index contributed by atoms with van der Waals surface area (Å²) in [6.07, 6.45) is 2.87. The summed E-state index contributed by atoms with van der Waals surface area (Å²) in [5.74, 6) is -0.182. The van der Waals surface area contributed by atoms with Crippen LogP contribution < -0.4 is 10.6 Å². The first kappa shape index (κ1) is 20.4. The van der Waals surface area contributed by atoms with Crippen LogP contribution in [0.15, 0.2) is 47.4 Å². The van der Waals surface area contributed by atoms with Gasteiger partial charge >= 0.3 is 0 Å². The highest BCUT2D eigenvalue weighted by atomic mass is 32.2. The Kier molecular flexibility index (Phi) is 6.36. The number of anilines is 2. The lowest BCUT2D eigenvalue weighted by Gasteiger charge is -2.26. The second-order valence-corrected chi connectivity index (χ2v) is 9.10. The van der Waals surface area contributed by atoms with Crippen molar-refractivity contribution in [2.24, 2.45) is 0 Å². The Morgan fingerprint density at radius 2 is 1.64 bits per heavy atom. The zero-order chi connectivity index (χ0) is 20.1. The van der Waals surface area contributed by atoms with Gasteiger partial charge in [0.25, 0.3) is 0 Å². The van der Waals surface area contributed by atoms with Crippen LogP contribution in [0.3, 0.4) is 0 Å². The molecular weight excluding hydrogens is 374 g/mol. The zero-order valence-corrected chi connectivity index (χ0v) is 17.2. The van der Waals surface area contributed by atoms with E-state index in [2.05, 4.69) is 10.6 Å². The number of aryl methyl sites for hydroxylation is 2. The molecule has 0 radical (unpaired) electrons. The normalized spacial score (nSPS) is 15.2. The Balaban J connectivity index is 1.69. The molecule has 3 rings (SSSR count). The van der Waals surface area contributed by atoms with E-state index in [1.54, 1.807) is 22.5 Å². The molecule has 150 valence electrons. The van der Waals surface area contributed by atoms with Crippen molar-refractivity contribution < 1.29 is 13.2 Å². The Hall–Kier alpha value is -2.38. The molecule has 0 saturated carbocycles. The predicted molar refractivity (Wildman–Crippen MR) is 112 cm³/mol. The Morgan fingerprint density at radius 1 is 0.964 bits per heavy atom. The van der Waals surface area contributed by atoms with Crippen LogP contribution in [0.4, 0.5) is 11.4 Å². The van der Waals surface area contributed by atoms with Crippen molar-refractivity contribution in [1.82, 2.24) is 4.31 Å². The zero-order valence-electron chi connectivity index (χ0n) is 16.4. The van der Waals surface area contributed by atoms with Crippen molar-refractivity contribution in [3.8, 4) is 0 Å². The Bertz CT molecular complexity index is 951. The van der Waals surface area contributed by atoms with Crippen LogP contribution in [-0.4, -0.2) is 38.3 Å². The number of hydrogen-bond acceptors (Lipinski definition) is 4. The van der Waals surface area contributed by atoms with Gasteiger partial charge in [-0.3, -0.25) is 4.79 Å². The molecule has 1 amide bonds. The van der Waals surface area contributed by atoms with E-state index < -0.39 is 10.0 Å². The van der Waals surface area contributed by atoms with Gasteiger partial charge in [0.05, 0.1) is 11.4 Å². The monoisotopic (exact) mass is 401 g/mol. The van der Waals surface area contributed by atoms with Crippen molar-refractivity contribution in [3.05, 3.63) is 53.6 Å². The Morgan fingerprint density at radius 3 is 2.36 bits per heavy atom. The van der Waals surface area contributed by atoms with Crippen molar-refractivity contribution in [2.45, 2.75) is 38.0 Å². The fourth-order valence-corrected chi connectivity index (χ4v) is 4.83. The third kappa shape index (κ3) is 4.72. The summed E-state index contributed by atoms with van der Waals surface area (Å²) in [6, 6.07) is 12.6. The summed E-state index contributed by atoms with van der Waals surface area (Å²) in [6.45, 7) is 5.01. The first-order chi connectivity index (χ1) is 13.4. The molecule has 2 aromatic rings. The van der Waals surface area contributed by atoms with Gasteiger partial charge in [0.2, 0.25) is 15.9 Å². The van der Waals surface area contributed by atoms with E-state index in [0.717, 1.165) is 36.1 Å². The number of sulfonamides is 1. The minimum absolute atomic E-state index is 0.0579. The number of piperidine rings is 1. The van der Waals surface area contributed by atoms with Gasteiger partial charge in [0.1, 0.15) is 0 Å². The van der Waals surface area contributed by atoms with Gasteiger partial charge in [0.15, 0.2) is 0 Å². The standard InChI is InChI=1S/C21H27N3O3S/c1-16-8-4-5-9-19(16)23-21(25)15-22-20-14-18(11-10-17(20)2)28(26,27)24-12-6-3-7-13-24/h4-5,8-11,14,22H,3,6-7,12-13,15H2,1-2H3,(H,23,25). The average molecular weight is 402 g/mol. The maximum atomic E-state index is 12.9. The number of carbonyl (C=O) groups is 1. The summed E-state index contributed by atoms with van der Waals surface area (Å²) >= 11 is 0. The molecule has 0 aromatic heterocycles. The summed E-state index contributed by atoms with van der Waals surface area (Å²) in [5.41, 5.74) is 3.30. The molecule has 6 nitrogen and oxygen atoms in total. The number of nitrogens with one attached hydrogen (secondary N) is 2. The number of nitrogens with zero attached hydrogens (tertiary/aromatic N) is 1. The second kappa shape index (κ2) is 8.75. The fraction of sp³-hybridized carbons (Fsp3) is 0.381. The van der Waals surface area contributed by atoms with Gasteiger partial charge in [-0.15, -0.1) is 0 Å². The second-order valence-electron chi connectivity index (χ2n) is 7.16. The molecule has 0 spiro atoms. The highest BCUT2D eigenvalue weighted by Crippen LogP contribution is 2.25. The van der Waals surface area contributed by atoms with Gasteiger partial charge in [0, 0.05) is 24.5 Å². The van der Waals surface area contributed by atoms with E-state index >= 15 is 0 Å². The molecule has 28 heavy (non-hydrogen) atoms. The average Bonchev–Trinajstić information content (AvgIpc) is 2.69. The highest BCUT2D eigenvalue weighted by Gasteiger charge is 2.26. The van der Waals surface area contributed by atoms with Gasteiger partial charge in [-0.1, -0.05) is 30.7 Å². The summed E-state index contributed by atoms with van der Waals surface area (Å²) in [4.78, 5) is 12.5. The van der Waals surface area contributed by atoms with Crippen molar-refractivity contribution in [1.29, 1.82) is 0 Å². The largest absolute Gasteiger partial charge is 0.376 e. The SMILES string of the molecule is Cc1ccc(S(=O)(=O)N2CCCCC2)cc1NCC(=O)Nc1ccccc1C. The summed E-state index contributed by atoms with van der Waals surface area (Å²) < 4.78 is 27.3. The topological polar surface area (TPSA) is 78.5 Å². The fourth-order valence-electron chi connectivity index (χ4n) is 3.29. The molecule has 0 unspecified atom stereocenters. The maximum absolute atomic E-state index is 12.9.